The van der Waals surface area contributed by atoms with E-state index in [4.69, 9.17) is 18.9 Å². The molecule has 0 saturated heterocycles. The van der Waals surface area contributed by atoms with Crippen molar-refractivity contribution in [3.8, 4) is 23.0 Å². The van der Waals surface area contributed by atoms with E-state index in [0.717, 1.165) is 12.0 Å². The zero-order chi connectivity index (χ0) is 31.1. The van der Waals surface area contributed by atoms with Crippen LogP contribution >= 0.6 is 0 Å². The number of aliphatic hydroxyl groups is 2. The fourth-order valence-electron chi connectivity index (χ4n) is 5.79. The Hall–Kier alpha value is -4.09. The third kappa shape index (κ3) is 6.62. The van der Waals surface area contributed by atoms with E-state index in [1.54, 1.807) is 43.4 Å². The second-order valence-corrected chi connectivity index (χ2v) is 10.5. The van der Waals surface area contributed by atoms with Crippen molar-refractivity contribution in [3.63, 3.8) is 0 Å². The third-order valence-electron chi connectivity index (χ3n) is 7.94. The average molecular weight is 597 g/mol. The molecule has 1 aliphatic carbocycles. The molecule has 0 radical (unpaired) electrons. The van der Waals surface area contributed by atoms with Gasteiger partial charge in [0.15, 0.2) is 11.5 Å². The van der Waals surface area contributed by atoms with E-state index in [9.17, 15) is 24.6 Å². The predicted octanol–water partition coefficient (Wildman–Crippen LogP) is 2.41. The Labute approximate surface area is 251 Å². The molecule has 0 fully saturated rings. The van der Waals surface area contributed by atoms with Gasteiger partial charge in [-0.05, 0) is 54.8 Å². The molecular weight excluding hydrogens is 556 g/mol. The summed E-state index contributed by atoms with van der Waals surface area (Å²) in [5.74, 6) is 0.529. The monoisotopic (exact) mass is 596 g/mol. The fourth-order valence-corrected chi connectivity index (χ4v) is 5.79. The normalized spacial score (nSPS) is 20.2. The van der Waals surface area contributed by atoms with Crippen LogP contribution in [0.3, 0.4) is 0 Å². The molecule has 2 aromatic carbocycles. The second-order valence-electron chi connectivity index (χ2n) is 10.5. The van der Waals surface area contributed by atoms with Crippen molar-refractivity contribution in [2.24, 2.45) is 0 Å². The van der Waals surface area contributed by atoms with E-state index in [1.807, 2.05) is 13.0 Å². The van der Waals surface area contributed by atoms with E-state index < -0.39 is 30.1 Å². The van der Waals surface area contributed by atoms with Crippen molar-refractivity contribution in [2.75, 3.05) is 41.0 Å². The molecule has 4 unspecified atom stereocenters. The van der Waals surface area contributed by atoms with Crippen LogP contribution in [0.25, 0.3) is 0 Å². The van der Waals surface area contributed by atoms with Crippen LogP contribution in [0.2, 0.25) is 0 Å². The fraction of sp³-hybridized carbons (Fsp3) is 0.469. The van der Waals surface area contributed by atoms with Crippen molar-refractivity contribution in [2.45, 2.75) is 56.8 Å². The number of benzene rings is 2. The largest absolute Gasteiger partial charge is 0.497 e. The van der Waals surface area contributed by atoms with Gasteiger partial charge >= 0.3 is 0 Å². The van der Waals surface area contributed by atoms with Gasteiger partial charge in [0.05, 0.1) is 39.9 Å². The predicted molar refractivity (Wildman–Crippen MR) is 158 cm³/mol. The van der Waals surface area contributed by atoms with Gasteiger partial charge in [0, 0.05) is 36.2 Å². The second kappa shape index (κ2) is 14.4. The summed E-state index contributed by atoms with van der Waals surface area (Å²) >= 11 is 0. The minimum atomic E-state index is -1.21. The summed E-state index contributed by atoms with van der Waals surface area (Å²) in [6.07, 6.45) is 2.26. The molecule has 2 aliphatic rings. The number of rotatable bonds is 14. The number of carbonyl (C=O) groups is 3. The maximum atomic E-state index is 13.7. The van der Waals surface area contributed by atoms with Crippen molar-refractivity contribution in [3.05, 3.63) is 58.7 Å². The Morgan fingerprint density at radius 3 is 2.51 bits per heavy atom. The van der Waals surface area contributed by atoms with E-state index in [0.29, 0.717) is 53.3 Å². The van der Waals surface area contributed by atoms with Gasteiger partial charge in [-0.2, -0.15) is 0 Å². The van der Waals surface area contributed by atoms with Gasteiger partial charge in [-0.3, -0.25) is 14.4 Å². The molecule has 3 N–H and O–H groups in total. The molecule has 0 saturated carbocycles. The molecule has 4 atom stereocenters. The summed E-state index contributed by atoms with van der Waals surface area (Å²) in [4.78, 5) is 40.5. The molecule has 4 rings (SSSR count). The molecule has 2 amide bonds. The molecule has 0 bridgehead atoms. The molecule has 2 aromatic rings. The topological polar surface area (TPSA) is 144 Å². The van der Waals surface area contributed by atoms with Gasteiger partial charge < -0.3 is 39.4 Å². The number of nitrogens with one attached hydrogen (secondary N) is 1. The standard InChI is InChI=1S/C32H40N2O9/c1-5-6-7-27(37)34(12-10-20-16-21(40-2)8-9-25(20)41-3)24-17-23(32(39)33-11-13-35)28-22-14-19(18-36)15-26(42-4)30(22)43-31(28)29(24)38/h8-9,14-18,24,28-29,31,35,38H,5-7,10-13H2,1-4H3,(H,33,39). The Bertz CT molecular complexity index is 1360. The molecule has 232 valence electrons. The summed E-state index contributed by atoms with van der Waals surface area (Å²) in [7, 11) is 4.59. The van der Waals surface area contributed by atoms with Crippen LogP contribution in [0.15, 0.2) is 42.0 Å². The van der Waals surface area contributed by atoms with Crippen LogP contribution < -0.4 is 24.3 Å². The number of aliphatic hydroxyl groups excluding tert-OH is 2. The number of amides is 2. The smallest absolute Gasteiger partial charge is 0.247 e. The van der Waals surface area contributed by atoms with Crippen molar-refractivity contribution in [1.29, 1.82) is 0 Å². The van der Waals surface area contributed by atoms with Crippen molar-refractivity contribution in [1.82, 2.24) is 10.2 Å². The quantitative estimate of drug-likeness (QED) is 0.280. The number of nitrogens with zero attached hydrogens (tertiary/aromatic N) is 1. The van der Waals surface area contributed by atoms with Gasteiger partial charge in [0.1, 0.15) is 30.0 Å². The third-order valence-corrected chi connectivity index (χ3v) is 7.94. The lowest BCUT2D eigenvalue weighted by atomic mass is 9.77. The number of carbonyl (C=O) groups excluding carboxylic acids is 3. The Kier molecular flexibility index (Phi) is 10.7. The number of aldehydes is 1. The minimum Gasteiger partial charge on any atom is -0.497 e. The number of ether oxygens (including phenoxy) is 4. The first-order valence-electron chi connectivity index (χ1n) is 14.4. The zero-order valence-electron chi connectivity index (χ0n) is 25.0. The maximum absolute atomic E-state index is 13.7. The van der Waals surface area contributed by atoms with Crippen LogP contribution in [0.1, 0.15) is 53.6 Å². The lowest BCUT2D eigenvalue weighted by Crippen LogP contribution is -2.56. The van der Waals surface area contributed by atoms with Crippen LogP contribution in [0.5, 0.6) is 23.0 Å². The number of hydrogen-bond donors (Lipinski definition) is 3. The Morgan fingerprint density at radius 1 is 1.09 bits per heavy atom. The molecule has 0 aromatic heterocycles. The first-order valence-corrected chi connectivity index (χ1v) is 14.4. The summed E-state index contributed by atoms with van der Waals surface area (Å²) in [5, 5.41) is 23.9. The van der Waals surface area contributed by atoms with Crippen LogP contribution in [0.4, 0.5) is 0 Å². The molecule has 0 spiro atoms. The van der Waals surface area contributed by atoms with Crippen LogP contribution in [0, 0.1) is 0 Å². The molecule has 1 heterocycles. The average Bonchev–Trinajstić information content (AvgIpc) is 3.42. The molecule has 1 aliphatic heterocycles. The van der Waals surface area contributed by atoms with E-state index in [-0.39, 0.29) is 37.6 Å². The van der Waals surface area contributed by atoms with Gasteiger partial charge in [0.25, 0.3) is 0 Å². The summed E-state index contributed by atoms with van der Waals surface area (Å²) in [5.41, 5.74) is 1.94. The highest BCUT2D eigenvalue weighted by molar-refractivity contribution is 5.96. The summed E-state index contributed by atoms with van der Waals surface area (Å²) in [6.45, 7) is 1.96. The number of unbranched alkanes of at least 4 members (excludes halogenated alkanes) is 1. The summed E-state index contributed by atoms with van der Waals surface area (Å²) < 4.78 is 22.7. The first kappa shape index (κ1) is 31.8. The molecule has 11 heteroatoms. The Balaban J connectivity index is 1.77. The summed E-state index contributed by atoms with van der Waals surface area (Å²) in [6, 6.07) is 7.68. The van der Waals surface area contributed by atoms with Gasteiger partial charge in [-0.25, -0.2) is 0 Å². The van der Waals surface area contributed by atoms with Crippen molar-refractivity contribution < 1.29 is 43.5 Å². The minimum absolute atomic E-state index is 0.0149. The number of methoxy groups -OCH3 is 3. The number of fused-ring (bicyclic) bond motifs is 3. The van der Waals surface area contributed by atoms with Crippen molar-refractivity contribution >= 4 is 18.1 Å². The highest BCUT2D eigenvalue weighted by Crippen LogP contribution is 2.51. The zero-order valence-corrected chi connectivity index (χ0v) is 25.0. The van der Waals surface area contributed by atoms with E-state index in [2.05, 4.69) is 5.32 Å². The van der Waals surface area contributed by atoms with Gasteiger partial charge in [0.2, 0.25) is 11.8 Å². The lowest BCUT2D eigenvalue weighted by molar-refractivity contribution is -0.137. The SMILES string of the molecule is CCCCC(=O)N(CCc1cc(OC)ccc1OC)C1C=C(C(=O)NCCO)C2c3cc(C=O)cc(OC)c3OC2C1O. The highest BCUT2D eigenvalue weighted by Gasteiger charge is 2.51. The van der Waals surface area contributed by atoms with E-state index in [1.165, 1.54) is 13.2 Å². The van der Waals surface area contributed by atoms with Gasteiger partial charge in [-0.15, -0.1) is 0 Å². The number of hydrogen-bond acceptors (Lipinski definition) is 9. The maximum Gasteiger partial charge on any atom is 0.247 e. The Morgan fingerprint density at radius 2 is 1.86 bits per heavy atom. The molecule has 11 nitrogen and oxygen atoms in total. The lowest BCUT2D eigenvalue weighted by Gasteiger charge is -2.41. The van der Waals surface area contributed by atoms with Crippen LogP contribution in [-0.2, 0) is 16.0 Å². The van der Waals surface area contributed by atoms with Crippen LogP contribution in [-0.4, -0.2) is 92.5 Å². The first-order chi connectivity index (χ1) is 20.8. The van der Waals surface area contributed by atoms with Gasteiger partial charge in [-0.1, -0.05) is 13.3 Å². The van der Waals surface area contributed by atoms with E-state index >= 15 is 0 Å². The molecular formula is C32H40N2O9. The highest BCUT2D eigenvalue weighted by atomic mass is 16.5. The molecule has 43 heavy (non-hydrogen) atoms.